The smallest absolute Gasteiger partial charge is 0.257 e. The van der Waals surface area contributed by atoms with E-state index in [-0.39, 0.29) is 5.91 Å². The van der Waals surface area contributed by atoms with Crippen LogP contribution in [0.2, 0.25) is 0 Å². The van der Waals surface area contributed by atoms with Crippen LogP contribution < -0.4 is 4.74 Å². The summed E-state index contributed by atoms with van der Waals surface area (Å²) in [6, 6.07) is 14.4. The van der Waals surface area contributed by atoms with Gasteiger partial charge in [-0.1, -0.05) is 30.3 Å². The predicted molar refractivity (Wildman–Crippen MR) is 95.2 cm³/mol. The van der Waals surface area contributed by atoms with Crippen LogP contribution in [-0.4, -0.2) is 49.0 Å². The Hall–Kier alpha value is -2.40. The largest absolute Gasteiger partial charge is 0.496 e. The molecule has 0 radical (unpaired) electrons. The number of methoxy groups -OCH3 is 1. The highest BCUT2D eigenvalue weighted by molar-refractivity contribution is 5.97. The van der Waals surface area contributed by atoms with E-state index in [0.29, 0.717) is 24.4 Å². The van der Waals surface area contributed by atoms with Gasteiger partial charge in [0.25, 0.3) is 5.91 Å². The van der Waals surface area contributed by atoms with E-state index in [1.165, 1.54) is 30.9 Å². The molecule has 1 fully saturated rings. The van der Waals surface area contributed by atoms with Crippen molar-refractivity contribution in [2.75, 3.05) is 33.3 Å². The van der Waals surface area contributed by atoms with Gasteiger partial charge in [-0.2, -0.15) is 0 Å². The molecule has 1 saturated heterocycles. The van der Waals surface area contributed by atoms with Crippen molar-refractivity contribution in [3.05, 3.63) is 65.5 Å². The van der Waals surface area contributed by atoms with Crippen molar-refractivity contribution in [3.63, 3.8) is 0 Å². The monoisotopic (exact) mass is 342 g/mol. The topological polar surface area (TPSA) is 32.8 Å². The number of rotatable bonds is 4. The van der Waals surface area contributed by atoms with Gasteiger partial charge in [-0.3, -0.25) is 9.69 Å². The fourth-order valence-electron chi connectivity index (χ4n) is 3.19. The average Bonchev–Trinajstić information content (AvgIpc) is 2.87. The zero-order valence-corrected chi connectivity index (χ0v) is 14.5. The van der Waals surface area contributed by atoms with Crippen molar-refractivity contribution < 1.29 is 13.9 Å². The molecule has 4 nitrogen and oxygen atoms in total. The molecule has 0 atom stereocenters. The summed E-state index contributed by atoms with van der Waals surface area (Å²) in [5.74, 6) is -0.181. The number of carbonyl (C=O) groups is 1. The lowest BCUT2D eigenvalue weighted by atomic mass is 10.1. The van der Waals surface area contributed by atoms with Gasteiger partial charge >= 0.3 is 0 Å². The molecule has 0 unspecified atom stereocenters. The minimum absolute atomic E-state index is 0.169. The normalized spacial score (nSPS) is 15.7. The van der Waals surface area contributed by atoms with Crippen LogP contribution >= 0.6 is 0 Å². The molecule has 1 heterocycles. The molecule has 0 saturated carbocycles. The van der Waals surface area contributed by atoms with Crippen molar-refractivity contribution in [2.24, 2.45) is 0 Å². The van der Waals surface area contributed by atoms with Crippen molar-refractivity contribution >= 4 is 5.91 Å². The van der Waals surface area contributed by atoms with Crippen LogP contribution in [0.5, 0.6) is 5.75 Å². The second kappa shape index (κ2) is 8.12. The summed E-state index contributed by atoms with van der Waals surface area (Å²) in [5, 5.41) is 0. The Morgan fingerprint density at radius 1 is 1.08 bits per heavy atom. The number of ether oxygens (including phenoxy) is 1. The minimum Gasteiger partial charge on any atom is -0.496 e. The van der Waals surface area contributed by atoms with Gasteiger partial charge in [0.1, 0.15) is 11.6 Å². The standard InChI is InChI=1S/C20H23FN2O2/c1-25-19-9-8-17(21)14-18(19)20(24)23-11-5-10-22(12-13-23)15-16-6-3-2-4-7-16/h2-4,6-9,14H,5,10-13,15H2,1H3. The summed E-state index contributed by atoms with van der Waals surface area (Å²) in [6.07, 6.45) is 0.899. The van der Waals surface area contributed by atoms with Gasteiger partial charge in [0.05, 0.1) is 12.7 Å². The van der Waals surface area contributed by atoms with Crippen molar-refractivity contribution in [1.82, 2.24) is 9.80 Å². The van der Waals surface area contributed by atoms with E-state index in [9.17, 15) is 9.18 Å². The highest BCUT2D eigenvalue weighted by Crippen LogP contribution is 2.22. The highest BCUT2D eigenvalue weighted by Gasteiger charge is 2.23. The molecule has 1 amide bonds. The predicted octanol–water partition coefficient (Wildman–Crippen LogP) is 3.18. The van der Waals surface area contributed by atoms with Crippen LogP contribution in [0, 0.1) is 5.82 Å². The van der Waals surface area contributed by atoms with Gasteiger partial charge in [-0.25, -0.2) is 4.39 Å². The van der Waals surface area contributed by atoms with E-state index >= 15 is 0 Å². The summed E-state index contributed by atoms with van der Waals surface area (Å²) in [5.41, 5.74) is 1.56. The van der Waals surface area contributed by atoms with Gasteiger partial charge in [0.2, 0.25) is 0 Å². The Bertz CT molecular complexity index is 721. The third kappa shape index (κ3) is 4.37. The number of benzene rings is 2. The summed E-state index contributed by atoms with van der Waals surface area (Å²) in [6.45, 7) is 3.93. The maximum Gasteiger partial charge on any atom is 0.257 e. The van der Waals surface area contributed by atoms with Gasteiger partial charge in [0, 0.05) is 32.7 Å². The molecule has 0 N–H and O–H groups in total. The molecule has 0 aliphatic carbocycles. The van der Waals surface area contributed by atoms with Crippen molar-refractivity contribution in [3.8, 4) is 5.75 Å². The molecule has 132 valence electrons. The SMILES string of the molecule is COc1ccc(F)cc1C(=O)N1CCCN(Cc2ccccc2)CC1. The molecule has 1 aliphatic heterocycles. The Labute approximate surface area is 147 Å². The molecule has 3 rings (SSSR count). The van der Waals surface area contributed by atoms with Crippen LogP contribution in [-0.2, 0) is 6.54 Å². The molecule has 2 aromatic carbocycles. The van der Waals surface area contributed by atoms with Crippen molar-refractivity contribution in [1.29, 1.82) is 0 Å². The summed E-state index contributed by atoms with van der Waals surface area (Å²) in [7, 11) is 1.49. The Morgan fingerprint density at radius 2 is 1.88 bits per heavy atom. The quantitative estimate of drug-likeness (QED) is 0.855. The zero-order chi connectivity index (χ0) is 17.6. The lowest BCUT2D eigenvalue weighted by Crippen LogP contribution is -2.35. The van der Waals surface area contributed by atoms with Crippen molar-refractivity contribution in [2.45, 2.75) is 13.0 Å². The van der Waals surface area contributed by atoms with E-state index in [1.54, 1.807) is 4.90 Å². The van der Waals surface area contributed by atoms with Gasteiger partial charge in [-0.05, 0) is 30.2 Å². The minimum atomic E-state index is -0.426. The summed E-state index contributed by atoms with van der Waals surface area (Å²) < 4.78 is 18.8. The van der Waals surface area contributed by atoms with Gasteiger partial charge in [-0.15, -0.1) is 0 Å². The first-order valence-electron chi connectivity index (χ1n) is 8.56. The van der Waals surface area contributed by atoms with E-state index in [1.807, 2.05) is 18.2 Å². The number of carbonyl (C=O) groups excluding carboxylic acids is 1. The second-order valence-corrected chi connectivity index (χ2v) is 6.25. The highest BCUT2D eigenvalue weighted by atomic mass is 19.1. The Morgan fingerprint density at radius 3 is 2.64 bits per heavy atom. The number of halogens is 1. The molecule has 0 aromatic heterocycles. The Kier molecular flexibility index (Phi) is 5.66. The third-order valence-corrected chi connectivity index (χ3v) is 4.52. The molecule has 2 aromatic rings. The first kappa shape index (κ1) is 17.4. The number of hydrogen-bond acceptors (Lipinski definition) is 3. The first-order valence-corrected chi connectivity index (χ1v) is 8.56. The number of hydrogen-bond donors (Lipinski definition) is 0. The molecular weight excluding hydrogens is 319 g/mol. The lowest BCUT2D eigenvalue weighted by Gasteiger charge is -2.23. The molecule has 0 bridgehead atoms. The summed E-state index contributed by atoms with van der Waals surface area (Å²) in [4.78, 5) is 17.0. The average molecular weight is 342 g/mol. The van der Waals surface area contributed by atoms with Crippen LogP contribution in [0.25, 0.3) is 0 Å². The van der Waals surface area contributed by atoms with Crippen LogP contribution in [0.3, 0.4) is 0 Å². The molecular formula is C20H23FN2O2. The summed E-state index contributed by atoms with van der Waals surface area (Å²) >= 11 is 0. The third-order valence-electron chi connectivity index (χ3n) is 4.52. The van der Waals surface area contributed by atoms with E-state index in [2.05, 4.69) is 17.0 Å². The fraction of sp³-hybridized carbons (Fsp3) is 0.350. The molecule has 1 aliphatic rings. The van der Waals surface area contributed by atoms with E-state index in [0.717, 1.165) is 26.1 Å². The number of amides is 1. The zero-order valence-electron chi connectivity index (χ0n) is 14.5. The van der Waals surface area contributed by atoms with Gasteiger partial charge in [0.15, 0.2) is 0 Å². The maximum absolute atomic E-state index is 13.6. The fourth-order valence-corrected chi connectivity index (χ4v) is 3.19. The Balaban J connectivity index is 1.66. The molecule has 25 heavy (non-hydrogen) atoms. The first-order chi connectivity index (χ1) is 12.2. The van der Waals surface area contributed by atoms with E-state index < -0.39 is 5.82 Å². The van der Waals surface area contributed by atoms with Crippen LogP contribution in [0.4, 0.5) is 4.39 Å². The van der Waals surface area contributed by atoms with Crippen LogP contribution in [0.1, 0.15) is 22.3 Å². The van der Waals surface area contributed by atoms with Crippen LogP contribution in [0.15, 0.2) is 48.5 Å². The number of nitrogens with zero attached hydrogens (tertiary/aromatic N) is 2. The lowest BCUT2D eigenvalue weighted by molar-refractivity contribution is 0.0757. The molecule has 5 heteroatoms. The molecule has 0 spiro atoms. The second-order valence-electron chi connectivity index (χ2n) is 6.25. The maximum atomic E-state index is 13.6. The van der Waals surface area contributed by atoms with Gasteiger partial charge < -0.3 is 9.64 Å². The van der Waals surface area contributed by atoms with E-state index in [4.69, 9.17) is 4.74 Å².